The topological polar surface area (TPSA) is 66.9 Å². The molecule has 26 heavy (non-hydrogen) atoms. The van der Waals surface area contributed by atoms with Crippen molar-refractivity contribution in [2.75, 3.05) is 5.32 Å². The Hall–Kier alpha value is -3.21. The maximum atomic E-state index is 12.5. The van der Waals surface area contributed by atoms with Gasteiger partial charge >= 0.3 is 0 Å². The third-order valence-corrected chi connectivity index (χ3v) is 4.19. The number of nitrogens with zero attached hydrogens (tertiary/aromatic N) is 2. The summed E-state index contributed by atoms with van der Waals surface area (Å²) in [5.41, 5.74) is 4.65. The lowest BCUT2D eigenvalue weighted by Gasteiger charge is -2.14. The van der Waals surface area contributed by atoms with Crippen molar-refractivity contribution in [3.8, 4) is 0 Å². The lowest BCUT2D eigenvalue weighted by molar-refractivity contribution is 0.0934. The summed E-state index contributed by atoms with van der Waals surface area (Å²) in [6.07, 6.45) is 1.40. The molecule has 2 aromatic carbocycles. The number of hydrogen-bond donors (Lipinski definition) is 2. The smallest absolute Gasteiger partial charge is 0.270 e. The van der Waals surface area contributed by atoms with Gasteiger partial charge < -0.3 is 10.6 Å². The van der Waals surface area contributed by atoms with Crippen molar-refractivity contribution in [3.63, 3.8) is 0 Å². The first kappa shape index (κ1) is 17.6. The second-order valence-corrected chi connectivity index (χ2v) is 6.34. The van der Waals surface area contributed by atoms with Gasteiger partial charge in [0.25, 0.3) is 5.91 Å². The van der Waals surface area contributed by atoms with E-state index in [1.807, 2.05) is 56.3 Å². The fourth-order valence-corrected chi connectivity index (χ4v) is 2.74. The first-order valence-electron chi connectivity index (χ1n) is 8.55. The Morgan fingerprint density at radius 2 is 1.77 bits per heavy atom. The third-order valence-electron chi connectivity index (χ3n) is 4.19. The number of aromatic nitrogens is 2. The molecule has 1 heterocycles. The molecular weight excluding hydrogens is 324 g/mol. The van der Waals surface area contributed by atoms with Crippen molar-refractivity contribution in [3.05, 3.63) is 83.3 Å². The molecule has 0 radical (unpaired) electrons. The summed E-state index contributed by atoms with van der Waals surface area (Å²) in [5.74, 6) is 0.358. The first-order chi connectivity index (χ1) is 12.5. The SMILES string of the molecule is Cc1ccc(Nc2cc(C(=O)NC(C)c3ccccc3)ncn2)c(C)c1. The number of carbonyl (C=O) groups excluding carboxylic acids is 1. The minimum absolute atomic E-state index is 0.102. The first-order valence-corrected chi connectivity index (χ1v) is 8.55. The van der Waals surface area contributed by atoms with Crippen LogP contribution < -0.4 is 10.6 Å². The van der Waals surface area contributed by atoms with Gasteiger partial charge in [-0.05, 0) is 38.0 Å². The van der Waals surface area contributed by atoms with E-state index in [9.17, 15) is 4.79 Å². The second-order valence-electron chi connectivity index (χ2n) is 6.34. The van der Waals surface area contributed by atoms with Gasteiger partial charge in [-0.25, -0.2) is 9.97 Å². The van der Waals surface area contributed by atoms with E-state index in [-0.39, 0.29) is 11.9 Å². The van der Waals surface area contributed by atoms with E-state index in [0.29, 0.717) is 11.5 Å². The summed E-state index contributed by atoms with van der Waals surface area (Å²) in [4.78, 5) is 20.8. The Morgan fingerprint density at radius 1 is 1.00 bits per heavy atom. The maximum Gasteiger partial charge on any atom is 0.270 e. The predicted octanol–water partition coefficient (Wildman–Crippen LogP) is 4.33. The van der Waals surface area contributed by atoms with Crippen LogP contribution in [0.4, 0.5) is 11.5 Å². The van der Waals surface area contributed by atoms with E-state index in [0.717, 1.165) is 16.8 Å². The highest BCUT2D eigenvalue weighted by atomic mass is 16.1. The van der Waals surface area contributed by atoms with Crippen LogP contribution in [0.3, 0.4) is 0 Å². The van der Waals surface area contributed by atoms with Crippen LogP contribution in [0.25, 0.3) is 0 Å². The predicted molar refractivity (Wildman–Crippen MR) is 104 cm³/mol. The highest BCUT2D eigenvalue weighted by Crippen LogP contribution is 2.20. The molecule has 3 aromatic rings. The van der Waals surface area contributed by atoms with Crippen LogP contribution >= 0.6 is 0 Å². The number of aryl methyl sites for hydroxylation is 2. The van der Waals surface area contributed by atoms with Gasteiger partial charge in [0.1, 0.15) is 17.8 Å². The highest BCUT2D eigenvalue weighted by molar-refractivity contribution is 5.93. The van der Waals surface area contributed by atoms with Crippen LogP contribution in [0.2, 0.25) is 0 Å². The average molecular weight is 346 g/mol. The molecule has 1 unspecified atom stereocenters. The molecule has 0 aliphatic heterocycles. The van der Waals surface area contributed by atoms with Crippen molar-refractivity contribution in [2.45, 2.75) is 26.8 Å². The Bertz CT molecular complexity index is 909. The zero-order valence-corrected chi connectivity index (χ0v) is 15.2. The maximum absolute atomic E-state index is 12.5. The highest BCUT2D eigenvalue weighted by Gasteiger charge is 2.13. The monoisotopic (exact) mass is 346 g/mol. The quantitative estimate of drug-likeness (QED) is 0.722. The van der Waals surface area contributed by atoms with E-state index < -0.39 is 0 Å². The van der Waals surface area contributed by atoms with Crippen LogP contribution in [0, 0.1) is 13.8 Å². The summed E-state index contributed by atoms with van der Waals surface area (Å²) < 4.78 is 0. The number of anilines is 2. The fourth-order valence-electron chi connectivity index (χ4n) is 2.74. The number of nitrogens with one attached hydrogen (secondary N) is 2. The second kappa shape index (κ2) is 7.78. The molecule has 2 N–H and O–H groups in total. The molecule has 0 fully saturated rings. The lowest BCUT2D eigenvalue weighted by Crippen LogP contribution is -2.27. The van der Waals surface area contributed by atoms with Crippen molar-refractivity contribution in [2.24, 2.45) is 0 Å². The number of carbonyl (C=O) groups is 1. The number of hydrogen-bond acceptors (Lipinski definition) is 4. The van der Waals surface area contributed by atoms with Gasteiger partial charge in [-0.3, -0.25) is 4.79 Å². The van der Waals surface area contributed by atoms with Crippen molar-refractivity contribution < 1.29 is 4.79 Å². The molecule has 5 nitrogen and oxygen atoms in total. The normalized spacial score (nSPS) is 11.7. The average Bonchev–Trinajstić information content (AvgIpc) is 2.65. The van der Waals surface area contributed by atoms with Crippen LogP contribution in [0.1, 0.15) is 40.1 Å². The Kier molecular flexibility index (Phi) is 5.27. The van der Waals surface area contributed by atoms with Gasteiger partial charge in [0.05, 0.1) is 6.04 Å². The van der Waals surface area contributed by atoms with E-state index in [2.05, 4.69) is 33.6 Å². The molecule has 0 bridgehead atoms. The molecule has 0 aliphatic carbocycles. The lowest BCUT2D eigenvalue weighted by atomic mass is 10.1. The Labute approximate surface area is 153 Å². The van der Waals surface area contributed by atoms with E-state index in [4.69, 9.17) is 0 Å². The molecule has 0 spiro atoms. The summed E-state index contributed by atoms with van der Waals surface area (Å²) in [5, 5.41) is 6.21. The van der Waals surface area contributed by atoms with E-state index in [1.54, 1.807) is 6.07 Å². The van der Waals surface area contributed by atoms with Gasteiger partial charge in [0.15, 0.2) is 0 Å². The Morgan fingerprint density at radius 3 is 2.50 bits per heavy atom. The van der Waals surface area contributed by atoms with Gasteiger partial charge in [-0.15, -0.1) is 0 Å². The fraction of sp³-hybridized carbons (Fsp3) is 0.190. The molecule has 132 valence electrons. The van der Waals surface area contributed by atoms with E-state index >= 15 is 0 Å². The molecule has 0 saturated carbocycles. The van der Waals surface area contributed by atoms with Gasteiger partial charge in [0, 0.05) is 11.8 Å². The van der Waals surface area contributed by atoms with Crippen LogP contribution in [-0.2, 0) is 0 Å². The zero-order valence-electron chi connectivity index (χ0n) is 15.2. The van der Waals surface area contributed by atoms with Crippen LogP contribution in [-0.4, -0.2) is 15.9 Å². The van der Waals surface area contributed by atoms with Crippen LogP contribution in [0.5, 0.6) is 0 Å². The number of benzene rings is 2. The van der Waals surface area contributed by atoms with Crippen molar-refractivity contribution in [1.29, 1.82) is 0 Å². The minimum atomic E-state index is -0.229. The summed E-state index contributed by atoms with van der Waals surface area (Å²) >= 11 is 0. The van der Waals surface area contributed by atoms with Gasteiger partial charge in [-0.2, -0.15) is 0 Å². The number of amides is 1. The summed E-state index contributed by atoms with van der Waals surface area (Å²) in [6, 6.07) is 17.5. The summed E-state index contributed by atoms with van der Waals surface area (Å²) in [7, 11) is 0. The largest absolute Gasteiger partial charge is 0.344 e. The molecular formula is C21H22N4O. The minimum Gasteiger partial charge on any atom is -0.344 e. The third kappa shape index (κ3) is 4.25. The van der Waals surface area contributed by atoms with Gasteiger partial charge in [0.2, 0.25) is 0 Å². The van der Waals surface area contributed by atoms with Crippen molar-refractivity contribution >= 4 is 17.4 Å². The molecule has 1 aromatic heterocycles. The molecule has 5 heteroatoms. The molecule has 0 aliphatic rings. The van der Waals surface area contributed by atoms with Gasteiger partial charge in [-0.1, -0.05) is 48.0 Å². The molecule has 1 amide bonds. The zero-order chi connectivity index (χ0) is 18.5. The van der Waals surface area contributed by atoms with Crippen molar-refractivity contribution in [1.82, 2.24) is 15.3 Å². The Balaban J connectivity index is 1.73. The number of rotatable bonds is 5. The van der Waals surface area contributed by atoms with E-state index in [1.165, 1.54) is 11.9 Å². The molecule has 3 rings (SSSR count). The standard InChI is InChI=1S/C21H22N4O/c1-14-9-10-18(15(2)11-14)25-20-12-19(22-13-23-20)21(26)24-16(3)17-7-5-4-6-8-17/h4-13,16H,1-3H3,(H,24,26)(H,22,23,25). The summed E-state index contributed by atoms with van der Waals surface area (Å²) in [6.45, 7) is 6.03. The molecule has 0 saturated heterocycles. The molecule has 1 atom stereocenters. The van der Waals surface area contributed by atoms with Crippen LogP contribution in [0.15, 0.2) is 60.9 Å².